The summed E-state index contributed by atoms with van der Waals surface area (Å²) in [5.74, 6) is 0.215. The molecule has 2 aromatic carbocycles. The molecule has 0 amide bonds. The average molecular weight is 547 g/mol. The third-order valence-electron chi connectivity index (χ3n) is 8.03. The molecule has 0 radical (unpaired) electrons. The van der Waals surface area contributed by atoms with Crippen molar-refractivity contribution in [2.24, 2.45) is 5.92 Å². The van der Waals surface area contributed by atoms with Gasteiger partial charge in [0.1, 0.15) is 5.78 Å². The summed E-state index contributed by atoms with van der Waals surface area (Å²) in [5.41, 5.74) is 4.75. The minimum atomic E-state index is -0.539. The van der Waals surface area contributed by atoms with Gasteiger partial charge in [0.15, 0.2) is 5.78 Å². The molecule has 0 saturated heterocycles. The first-order chi connectivity index (χ1) is 18.5. The Morgan fingerprint density at radius 2 is 1.74 bits per heavy atom. The maximum absolute atomic E-state index is 14.0. The van der Waals surface area contributed by atoms with Crippen LogP contribution in [0.25, 0.3) is 11.1 Å². The van der Waals surface area contributed by atoms with Gasteiger partial charge in [-0.2, -0.15) is 0 Å². The van der Waals surface area contributed by atoms with Crippen LogP contribution >= 0.6 is 11.6 Å². The van der Waals surface area contributed by atoms with Gasteiger partial charge in [0, 0.05) is 41.7 Å². The second kappa shape index (κ2) is 12.4. The number of carbonyl (C=O) groups excluding carboxylic acids is 2. The fourth-order valence-corrected chi connectivity index (χ4v) is 5.69. The van der Waals surface area contributed by atoms with Gasteiger partial charge in [-0.05, 0) is 81.4 Å². The predicted octanol–water partition coefficient (Wildman–Crippen LogP) is 7.16. The number of hydrogen-bond donors (Lipinski definition) is 0. The lowest BCUT2D eigenvalue weighted by molar-refractivity contribution is -0.123. The van der Waals surface area contributed by atoms with Crippen LogP contribution in [0.2, 0.25) is 5.02 Å². The van der Waals surface area contributed by atoms with Crippen LogP contribution in [-0.4, -0.2) is 35.1 Å². The molecular formula is C33H39ClN2O3. The lowest BCUT2D eigenvalue weighted by Crippen LogP contribution is -2.32. The third-order valence-corrected chi connectivity index (χ3v) is 8.34. The summed E-state index contributed by atoms with van der Waals surface area (Å²) >= 11 is 6.55. The maximum atomic E-state index is 14.0. The summed E-state index contributed by atoms with van der Waals surface area (Å²) in [6, 6.07) is 16.8. The Kier molecular flexibility index (Phi) is 9.24. The fraction of sp³-hybridized carbons (Fsp3) is 0.424. The van der Waals surface area contributed by atoms with Crippen molar-refractivity contribution in [2.45, 2.75) is 70.9 Å². The molecule has 3 atom stereocenters. The van der Waals surface area contributed by atoms with Gasteiger partial charge in [-0.15, -0.1) is 0 Å². The number of nitrogens with zero attached hydrogens (tertiary/aromatic N) is 2. The smallest absolute Gasteiger partial charge is 0.251 e. The molecule has 1 saturated carbocycles. The van der Waals surface area contributed by atoms with E-state index in [0.717, 1.165) is 40.7 Å². The standard InChI is InChI=1S/C33H39ClN2O3/c1-21-8-6-11-29(34)33(21)26-10-7-9-25(18-26)28(16-22(2)37)19-31(38)30(17-24-12-13-24)36-20-27(14-15-32(36)39)23(3)35(4)5/h6-11,14-15,18,20,23-24,28,30H,12-13,16-17,19H2,1-5H3/t23?,28-,30+/m1/s1. The van der Waals surface area contributed by atoms with E-state index in [1.165, 1.54) is 0 Å². The maximum Gasteiger partial charge on any atom is 0.251 e. The van der Waals surface area contributed by atoms with Crippen LogP contribution < -0.4 is 5.56 Å². The molecule has 5 nitrogen and oxygen atoms in total. The van der Waals surface area contributed by atoms with Crippen molar-refractivity contribution in [3.8, 4) is 11.1 Å². The van der Waals surface area contributed by atoms with E-state index >= 15 is 0 Å². The molecule has 3 aromatic rings. The Morgan fingerprint density at radius 3 is 2.38 bits per heavy atom. The summed E-state index contributed by atoms with van der Waals surface area (Å²) in [4.78, 5) is 41.5. The zero-order valence-electron chi connectivity index (χ0n) is 23.6. The van der Waals surface area contributed by atoms with E-state index in [0.29, 0.717) is 17.4 Å². The van der Waals surface area contributed by atoms with E-state index in [1.54, 1.807) is 17.6 Å². The molecule has 6 heteroatoms. The number of hydrogen-bond acceptors (Lipinski definition) is 4. The Balaban J connectivity index is 1.68. The van der Waals surface area contributed by atoms with Gasteiger partial charge in [-0.25, -0.2) is 0 Å². The molecule has 4 rings (SSSR count). The molecule has 0 N–H and O–H groups in total. The van der Waals surface area contributed by atoms with Crippen molar-refractivity contribution < 1.29 is 9.59 Å². The monoisotopic (exact) mass is 546 g/mol. The average Bonchev–Trinajstić information content (AvgIpc) is 3.71. The van der Waals surface area contributed by atoms with Gasteiger partial charge in [0.25, 0.3) is 5.56 Å². The number of aromatic nitrogens is 1. The molecule has 1 unspecified atom stereocenters. The van der Waals surface area contributed by atoms with Crippen LogP contribution in [0.5, 0.6) is 0 Å². The van der Waals surface area contributed by atoms with E-state index in [-0.39, 0.29) is 41.9 Å². The largest absolute Gasteiger partial charge is 0.305 e. The van der Waals surface area contributed by atoms with Gasteiger partial charge in [-0.3, -0.25) is 9.59 Å². The number of halogens is 1. The van der Waals surface area contributed by atoms with Crippen molar-refractivity contribution in [1.82, 2.24) is 9.47 Å². The van der Waals surface area contributed by atoms with E-state index in [9.17, 15) is 14.4 Å². The number of rotatable bonds is 12. The highest BCUT2D eigenvalue weighted by Crippen LogP contribution is 2.39. The molecule has 1 aliphatic rings. The van der Waals surface area contributed by atoms with Crippen LogP contribution in [0.4, 0.5) is 0 Å². The van der Waals surface area contributed by atoms with Crippen molar-refractivity contribution in [3.63, 3.8) is 0 Å². The Morgan fingerprint density at radius 1 is 1.03 bits per heavy atom. The van der Waals surface area contributed by atoms with E-state index < -0.39 is 6.04 Å². The molecule has 1 aliphatic carbocycles. The lowest BCUT2D eigenvalue weighted by Gasteiger charge is -2.25. The SMILES string of the molecule is CC(=O)C[C@H](CC(=O)[C@H](CC1CC1)n1cc(C(C)N(C)C)ccc1=O)c1cccc(-c2c(C)cccc2Cl)c1. The normalized spacial score (nSPS) is 15.7. The summed E-state index contributed by atoms with van der Waals surface area (Å²) in [5, 5.41) is 0.669. The Labute approximate surface area is 236 Å². The molecule has 0 spiro atoms. The molecule has 1 fully saturated rings. The van der Waals surface area contributed by atoms with Crippen LogP contribution in [0.3, 0.4) is 0 Å². The van der Waals surface area contributed by atoms with Gasteiger partial charge in [0.05, 0.1) is 6.04 Å². The molecule has 0 aliphatic heterocycles. The van der Waals surface area contributed by atoms with Crippen LogP contribution in [0.1, 0.15) is 80.6 Å². The molecule has 1 aromatic heterocycles. The molecular weight excluding hydrogens is 508 g/mol. The summed E-state index contributed by atoms with van der Waals surface area (Å²) in [6.45, 7) is 5.67. The van der Waals surface area contributed by atoms with Crippen molar-refractivity contribution in [3.05, 3.63) is 92.9 Å². The second-order valence-electron chi connectivity index (χ2n) is 11.4. The molecule has 206 valence electrons. The Hall–Kier alpha value is -3.02. The van der Waals surface area contributed by atoms with Gasteiger partial charge in [0.2, 0.25) is 0 Å². The second-order valence-corrected chi connectivity index (χ2v) is 11.8. The number of pyridine rings is 1. The van der Waals surface area contributed by atoms with Gasteiger partial charge < -0.3 is 14.3 Å². The van der Waals surface area contributed by atoms with Crippen LogP contribution in [0, 0.1) is 12.8 Å². The van der Waals surface area contributed by atoms with Crippen molar-refractivity contribution >= 4 is 23.2 Å². The number of benzene rings is 2. The summed E-state index contributed by atoms with van der Waals surface area (Å²) < 4.78 is 1.64. The first-order valence-corrected chi connectivity index (χ1v) is 14.2. The topological polar surface area (TPSA) is 59.4 Å². The van der Waals surface area contributed by atoms with Crippen LogP contribution in [-0.2, 0) is 9.59 Å². The minimum absolute atomic E-state index is 0.00392. The van der Waals surface area contributed by atoms with E-state index in [4.69, 9.17) is 11.6 Å². The van der Waals surface area contributed by atoms with Gasteiger partial charge >= 0.3 is 0 Å². The summed E-state index contributed by atoms with van der Waals surface area (Å²) in [7, 11) is 4.00. The molecule has 39 heavy (non-hydrogen) atoms. The zero-order chi connectivity index (χ0) is 28.3. The number of Topliss-reactive ketones (excluding diaryl/α,β-unsaturated/α-hetero) is 2. The molecule has 0 bridgehead atoms. The fourth-order valence-electron chi connectivity index (χ4n) is 5.36. The highest BCUT2D eigenvalue weighted by Gasteiger charge is 2.33. The quantitative estimate of drug-likeness (QED) is 0.242. The van der Waals surface area contributed by atoms with E-state index in [1.807, 2.05) is 69.7 Å². The summed E-state index contributed by atoms with van der Waals surface area (Å²) in [6.07, 6.45) is 5.15. The first kappa shape index (κ1) is 29.0. The number of ketones is 2. The van der Waals surface area contributed by atoms with Gasteiger partial charge in [-0.1, -0.05) is 66.9 Å². The predicted molar refractivity (Wildman–Crippen MR) is 158 cm³/mol. The lowest BCUT2D eigenvalue weighted by atomic mass is 9.85. The third kappa shape index (κ3) is 7.14. The van der Waals surface area contributed by atoms with E-state index in [2.05, 4.69) is 17.9 Å². The highest BCUT2D eigenvalue weighted by atomic mass is 35.5. The number of aryl methyl sites for hydroxylation is 1. The highest BCUT2D eigenvalue weighted by molar-refractivity contribution is 6.33. The first-order valence-electron chi connectivity index (χ1n) is 13.8. The van der Waals surface area contributed by atoms with Crippen LogP contribution in [0.15, 0.2) is 65.6 Å². The number of carbonyl (C=O) groups is 2. The molecule has 1 heterocycles. The van der Waals surface area contributed by atoms with Crippen molar-refractivity contribution in [2.75, 3.05) is 14.1 Å². The van der Waals surface area contributed by atoms with Crippen molar-refractivity contribution in [1.29, 1.82) is 0 Å². The Bertz CT molecular complexity index is 1390. The minimum Gasteiger partial charge on any atom is -0.305 e. The zero-order valence-corrected chi connectivity index (χ0v) is 24.4.